The van der Waals surface area contributed by atoms with Crippen LogP contribution in [0.5, 0.6) is 0 Å². The van der Waals surface area contributed by atoms with E-state index in [1.54, 1.807) is 17.0 Å². The van der Waals surface area contributed by atoms with Gasteiger partial charge in [-0.05, 0) is 34.0 Å². The summed E-state index contributed by atoms with van der Waals surface area (Å²) >= 11 is 4.33. The largest absolute Gasteiger partial charge is 0.312 e. The maximum atomic E-state index is 12.0. The summed E-state index contributed by atoms with van der Waals surface area (Å²) < 4.78 is 0.381. The zero-order valence-electron chi connectivity index (χ0n) is 11.2. The number of hydrogen-bond donors (Lipinski definition) is 0. The third-order valence-electron chi connectivity index (χ3n) is 3.17. The number of carbonyl (C=O) groups is 2. The first-order valence-corrected chi connectivity index (χ1v) is 8.04. The van der Waals surface area contributed by atoms with E-state index < -0.39 is 4.92 Å². The maximum Gasteiger partial charge on any atom is 0.285 e. The molecule has 0 bridgehead atoms. The number of thioether (sulfide) groups is 1. The molecule has 1 aliphatic rings. The molecule has 0 saturated carbocycles. The minimum absolute atomic E-state index is 0.0279. The van der Waals surface area contributed by atoms with Crippen molar-refractivity contribution in [3.05, 3.63) is 32.8 Å². The highest BCUT2D eigenvalue weighted by Crippen LogP contribution is 2.33. The molecule has 1 fully saturated rings. The molecule has 1 amide bonds. The van der Waals surface area contributed by atoms with E-state index in [4.69, 9.17) is 0 Å². The molecule has 0 aromatic heterocycles. The Kier molecular flexibility index (Phi) is 5.00. The summed E-state index contributed by atoms with van der Waals surface area (Å²) in [5.74, 6) is 0.616. The van der Waals surface area contributed by atoms with Crippen LogP contribution in [0.25, 0.3) is 0 Å². The Bertz CT molecular complexity index is 608. The number of halogens is 1. The topological polar surface area (TPSA) is 80.5 Å². The summed E-state index contributed by atoms with van der Waals surface area (Å²) in [7, 11) is 0. The average Bonchev–Trinajstić information content (AvgIpc) is 2.78. The predicted octanol–water partition coefficient (Wildman–Crippen LogP) is 2.99. The molecule has 8 heteroatoms. The van der Waals surface area contributed by atoms with Crippen molar-refractivity contribution in [2.45, 2.75) is 13.3 Å². The van der Waals surface area contributed by atoms with Crippen molar-refractivity contribution in [3.8, 4) is 0 Å². The van der Waals surface area contributed by atoms with Gasteiger partial charge in [0.2, 0.25) is 5.91 Å². The van der Waals surface area contributed by atoms with Crippen LogP contribution in [-0.2, 0) is 9.59 Å². The lowest BCUT2D eigenvalue weighted by Crippen LogP contribution is -2.24. The van der Waals surface area contributed by atoms with Crippen LogP contribution >= 0.6 is 27.7 Å². The molecule has 21 heavy (non-hydrogen) atoms. The molecular weight excluding hydrogens is 360 g/mol. The first-order valence-electron chi connectivity index (χ1n) is 6.26. The number of nitro benzene ring substituents is 1. The minimum Gasteiger partial charge on any atom is -0.312 e. The standard InChI is InChI=1S/C13H13BrN2O4S/c1-8(17)21-7-9-4-13(18)15(6-9)10-2-3-11(14)12(5-10)16(19)20/h2-3,5,9H,4,6-7H2,1H3. The molecule has 1 aromatic carbocycles. The smallest absolute Gasteiger partial charge is 0.285 e. The van der Waals surface area contributed by atoms with Gasteiger partial charge < -0.3 is 4.90 Å². The lowest BCUT2D eigenvalue weighted by molar-refractivity contribution is -0.385. The molecule has 0 spiro atoms. The van der Waals surface area contributed by atoms with Crippen LogP contribution in [0, 0.1) is 16.0 Å². The van der Waals surface area contributed by atoms with Gasteiger partial charge in [-0.25, -0.2) is 0 Å². The van der Waals surface area contributed by atoms with E-state index in [0.717, 1.165) is 0 Å². The van der Waals surface area contributed by atoms with E-state index in [9.17, 15) is 19.7 Å². The zero-order valence-corrected chi connectivity index (χ0v) is 13.6. The molecule has 6 nitrogen and oxygen atoms in total. The van der Waals surface area contributed by atoms with Crippen LogP contribution in [0.4, 0.5) is 11.4 Å². The molecule has 1 atom stereocenters. The SMILES string of the molecule is CC(=O)SCC1CC(=O)N(c2ccc(Br)c([N+](=O)[O-])c2)C1. The Labute approximate surface area is 134 Å². The van der Waals surface area contributed by atoms with Gasteiger partial charge >= 0.3 is 0 Å². The molecule has 2 rings (SSSR count). The van der Waals surface area contributed by atoms with Crippen molar-refractivity contribution in [1.82, 2.24) is 0 Å². The van der Waals surface area contributed by atoms with Crippen molar-refractivity contribution >= 4 is 50.1 Å². The number of rotatable bonds is 4. The number of anilines is 1. The van der Waals surface area contributed by atoms with Crippen molar-refractivity contribution in [2.75, 3.05) is 17.2 Å². The molecule has 1 aliphatic heterocycles. The Morgan fingerprint density at radius 2 is 2.29 bits per heavy atom. The second kappa shape index (κ2) is 6.57. The molecule has 0 N–H and O–H groups in total. The average molecular weight is 373 g/mol. The van der Waals surface area contributed by atoms with Crippen molar-refractivity contribution in [2.24, 2.45) is 5.92 Å². The summed E-state index contributed by atoms with van der Waals surface area (Å²) in [6, 6.07) is 4.64. The van der Waals surface area contributed by atoms with E-state index in [2.05, 4.69) is 15.9 Å². The van der Waals surface area contributed by atoms with Gasteiger partial charge in [-0.2, -0.15) is 0 Å². The molecule has 1 aromatic rings. The normalized spacial score (nSPS) is 18.1. The second-order valence-electron chi connectivity index (χ2n) is 4.77. The van der Waals surface area contributed by atoms with Crippen molar-refractivity contribution < 1.29 is 14.5 Å². The number of nitro groups is 1. The van der Waals surface area contributed by atoms with E-state index in [1.807, 2.05) is 0 Å². The number of benzene rings is 1. The molecule has 112 valence electrons. The number of carbonyl (C=O) groups excluding carboxylic acids is 2. The monoisotopic (exact) mass is 372 g/mol. The quantitative estimate of drug-likeness (QED) is 0.599. The number of amides is 1. The Balaban J connectivity index is 2.15. The molecule has 1 saturated heterocycles. The fourth-order valence-electron chi connectivity index (χ4n) is 2.19. The predicted molar refractivity (Wildman–Crippen MR) is 84.4 cm³/mol. The van der Waals surface area contributed by atoms with Gasteiger partial charge in [-0.1, -0.05) is 11.8 Å². The van der Waals surface area contributed by atoms with Gasteiger partial charge in [-0.15, -0.1) is 0 Å². The van der Waals surface area contributed by atoms with E-state index in [1.165, 1.54) is 24.8 Å². The van der Waals surface area contributed by atoms with Gasteiger partial charge in [0.15, 0.2) is 5.12 Å². The first kappa shape index (κ1) is 16.0. The minimum atomic E-state index is -0.489. The molecule has 0 aliphatic carbocycles. The Morgan fingerprint density at radius 3 is 2.90 bits per heavy atom. The van der Waals surface area contributed by atoms with Crippen LogP contribution in [-0.4, -0.2) is 28.2 Å². The van der Waals surface area contributed by atoms with Gasteiger partial charge in [-0.3, -0.25) is 19.7 Å². The van der Waals surface area contributed by atoms with Crippen molar-refractivity contribution in [1.29, 1.82) is 0 Å². The lowest BCUT2D eigenvalue weighted by atomic mass is 10.1. The molecular formula is C13H13BrN2O4S. The van der Waals surface area contributed by atoms with E-state index in [-0.39, 0.29) is 22.6 Å². The van der Waals surface area contributed by atoms with Crippen LogP contribution in [0.3, 0.4) is 0 Å². The summed E-state index contributed by atoms with van der Waals surface area (Å²) in [4.78, 5) is 35.0. The van der Waals surface area contributed by atoms with Gasteiger partial charge in [0, 0.05) is 31.7 Å². The number of hydrogen-bond acceptors (Lipinski definition) is 5. The fourth-order valence-corrected chi connectivity index (χ4v) is 3.27. The van der Waals surface area contributed by atoms with Gasteiger partial charge in [0.25, 0.3) is 5.69 Å². The summed E-state index contributed by atoms with van der Waals surface area (Å²) in [6.45, 7) is 1.98. The zero-order chi connectivity index (χ0) is 15.6. The number of nitrogens with zero attached hydrogens (tertiary/aromatic N) is 2. The highest BCUT2D eigenvalue weighted by Gasteiger charge is 2.31. The summed E-state index contributed by atoms with van der Waals surface area (Å²) in [6.07, 6.45) is 0.365. The third-order valence-corrected chi connectivity index (χ3v) is 4.88. The third kappa shape index (κ3) is 3.82. The molecule has 1 heterocycles. The maximum absolute atomic E-state index is 12.0. The van der Waals surface area contributed by atoms with Crippen LogP contribution in [0.1, 0.15) is 13.3 Å². The molecule has 1 unspecified atom stereocenters. The second-order valence-corrected chi connectivity index (χ2v) is 6.82. The van der Waals surface area contributed by atoms with E-state index in [0.29, 0.717) is 28.9 Å². The summed E-state index contributed by atoms with van der Waals surface area (Å²) in [5, 5.41) is 11.0. The van der Waals surface area contributed by atoms with Crippen LogP contribution in [0.15, 0.2) is 22.7 Å². The van der Waals surface area contributed by atoms with E-state index >= 15 is 0 Å². The lowest BCUT2D eigenvalue weighted by Gasteiger charge is -2.16. The Morgan fingerprint density at radius 1 is 1.57 bits per heavy atom. The van der Waals surface area contributed by atoms with Crippen LogP contribution < -0.4 is 4.90 Å². The fraction of sp³-hybridized carbons (Fsp3) is 0.385. The highest BCUT2D eigenvalue weighted by molar-refractivity contribution is 9.10. The highest BCUT2D eigenvalue weighted by atomic mass is 79.9. The van der Waals surface area contributed by atoms with Gasteiger partial charge in [0.1, 0.15) is 0 Å². The summed E-state index contributed by atoms with van der Waals surface area (Å²) in [5.41, 5.74) is 0.451. The van der Waals surface area contributed by atoms with Gasteiger partial charge in [0.05, 0.1) is 15.1 Å². The van der Waals surface area contributed by atoms with Crippen molar-refractivity contribution in [3.63, 3.8) is 0 Å². The van der Waals surface area contributed by atoms with Crippen LogP contribution in [0.2, 0.25) is 0 Å². The Hall–Kier alpha value is -1.41. The first-order chi connectivity index (χ1) is 9.88. The molecule has 0 radical (unpaired) electrons.